The van der Waals surface area contributed by atoms with Crippen LogP contribution in [-0.4, -0.2) is 18.0 Å². The van der Waals surface area contributed by atoms with Crippen molar-refractivity contribution >= 4 is 15.7 Å². The van der Waals surface area contributed by atoms with Gasteiger partial charge in [-0.15, -0.1) is 0 Å². The average Bonchev–Trinajstić information content (AvgIpc) is 3.19. The van der Waals surface area contributed by atoms with Crippen LogP contribution in [0.2, 0.25) is 0 Å². The maximum absolute atomic E-state index is 13.5. The number of pyridine rings is 1. The number of hydrogen-bond acceptors (Lipinski definition) is 4. The van der Waals surface area contributed by atoms with Crippen molar-refractivity contribution in [3.63, 3.8) is 0 Å². The molecule has 2 aromatic rings. The minimum absolute atomic E-state index is 0.0889. The lowest BCUT2D eigenvalue weighted by atomic mass is 10.4. The summed E-state index contributed by atoms with van der Waals surface area (Å²) in [5, 5.41) is 0. The second-order valence-electron chi connectivity index (χ2n) is 4.97. The van der Waals surface area contributed by atoms with E-state index >= 15 is 0 Å². The van der Waals surface area contributed by atoms with Gasteiger partial charge in [-0.2, -0.15) is 0 Å². The maximum Gasteiger partial charge on any atom is 0.263 e. The molecule has 3 rings (SSSR count). The zero-order chi connectivity index (χ0) is 15.0. The van der Waals surface area contributed by atoms with E-state index in [2.05, 4.69) is 9.71 Å². The van der Waals surface area contributed by atoms with E-state index in [4.69, 9.17) is 5.73 Å². The van der Waals surface area contributed by atoms with Crippen LogP contribution in [0.1, 0.15) is 24.6 Å². The number of hydrogen-bond donors (Lipinski definition) is 2. The molecule has 112 valence electrons. The fourth-order valence-corrected chi connectivity index (χ4v) is 3.28. The summed E-state index contributed by atoms with van der Waals surface area (Å²) in [6.07, 6.45) is 5.88. The lowest BCUT2D eigenvalue weighted by molar-refractivity contribution is 0.597. The molecule has 0 aromatic carbocycles. The van der Waals surface area contributed by atoms with Crippen LogP contribution in [0.5, 0.6) is 0 Å². The van der Waals surface area contributed by atoms with Crippen LogP contribution in [-0.2, 0) is 16.6 Å². The van der Waals surface area contributed by atoms with Gasteiger partial charge in [-0.05, 0) is 25.0 Å². The van der Waals surface area contributed by atoms with Gasteiger partial charge in [0.1, 0.15) is 4.90 Å². The van der Waals surface area contributed by atoms with Crippen molar-refractivity contribution in [1.29, 1.82) is 0 Å². The maximum atomic E-state index is 13.5. The first-order valence-corrected chi connectivity index (χ1v) is 8.03. The number of anilines is 1. The van der Waals surface area contributed by atoms with E-state index in [1.807, 2.05) is 4.57 Å². The first-order valence-electron chi connectivity index (χ1n) is 6.54. The predicted molar refractivity (Wildman–Crippen MR) is 75.6 cm³/mol. The van der Waals surface area contributed by atoms with Gasteiger partial charge in [-0.3, -0.25) is 9.71 Å². The number of nitrogens with two attached hydrogens (primary N) is 1. The average molecular weight is 310 g/mol. The molecule has 8 heteroatoms. The monoisotopic (exact) mass is 310 g/mol. The Morgan fingerprint density at radius 2 is 2.24 bits per heavy atom. The van der Waals surface area contributed by atoms with E-state index in [9.17, 15) is 12.8 Å². The van der Waals surface area contributed by atoms with Gasteiger partial charge in [0.05, 0.1) is 11.9 Å². The molecular weight excluding hydrogens is 295 g/mol. The zero-order valence-electron chi connectivity index (χ0n) is 11.2. The summed E-state index contributed by atoms with van der Waals surface area (Å²) in [6, 6.07) is 3.12. The summed E-state index contributed by atoms with van der Waals surface area (Å²) in [6.45, 7) is 0.260. The van der Waals surface area contributed by atoms with E-state index in [1.54, 1.807) is 6.20 Å². The number of sulfonamides is 1. The van der Waals surface area contributed by atoms with Gasteiger partial charge in [-0.25, -0.2) is 12.8 Å². The highest BCUT2D eigenvalue weighted by Crippen LogP contribution is 2.37. The highest BCUT2D eigenvalue weighted by molar-refractivity contribution is 7.92. The molecule has 1 aliphatic carbocycles. The standard InChI is InChI=1S/C13H15FN4O2S/c14-12-7-16-4-3-13(12)17-21(19,20)11-5-10(6-15)18(8-11)9-1-2-9/h3-5,7-9H,1-2,6,15H2,(H,16,17). The number of nitrogens with one attached hydrogen (secondary N) is 1. The summed E-state index contributed by atoms with van der Waals surface area (Å²) in [5.74, 6) is -0.721. The van der Waals surface area contributed by atoms with E-state index in [-0.39, 0.29) is 17.1 Å². The molecule has 2 heterocycles. The fourth-order valence-electron chi connectivity index (χ4n) is 2.16. The Kier molecular flexibility index (Phi) is 3.42. The second kappa shape index (κ2) is 5.12. The smallest absolute Gasteiger partial charge is 0.263 e. The Balaban J connectivity index is 1.93. The van der Waals surface area contributed by atoms with Gasteiger partial charge in [0.25, 0.3) is 10.0 Å². The predicted octanol–water partition coefficient (Wildman–Crippen LogP) is 1.62. The van der Waals surface area contributed by atoms with Gasteiger partial charge in [0.2, 0.25) is 0 Å². The summed E-state index contributed by atoms with van der Waals surface area (Å²) < 4.78 is 42.3. The van der Waals surface area contributed by atoms with Gasteiger partial charge in [-0.1, -0.05) is 0 Å². The third-order valence-corrected chi connectivity index (χ3v) is 4.72. The number of aromatic nitrogens is 2. The molecular formula is C13H15FN4O2S. The molecule has 1 saturated carbocycles. The molecule has 0 unspecified atom stereocenters. The van der Waals surface area contributed by atoms with Crippen LogP contribution in [0, 0.1) is 5.82 Å². The van der Waals surface area contributed by atoms with E-state index in [0.717, 1.165) is 24.7 Å². The lowest BCUT2D eigenvalue weighted by Crippen LogP contribution is -2.13. The molecule has 0 amide bonds. The minimum atomic E-state index is -3.85. The van der Waals surface area contributed by atoms with Crippen molar-refractivity contribution in [2.75, 3.05) is 4.72 Å². The Hall–Kier alpha value is -1.93. The number of rotatable bonds is 5. The van der Waals surface area contributed by atoms with Gasteiger partial charge < -0.3 is 10.3 Å². The minimum Gasteiger partial charge on any atom is -0.346 e. The lowest BCUT2D eigenvalue weighted by Gasteiger charge is -2.06. The third kappa shape index (κ3) is 2.77. The second-order valence-corrected chi connectivity index (χ2v) is 6.65. The molecule has 0 spiro atoms. The zero-order valence-corrected chi connectivity index (χ0v) is 12.0. The van der Waals surface area contributed by atoms with Crippen LogP contribution in [0.25, 0.3) is 0 Å². The molecule has 0 aliphatic heterocycles. The topological polar surface area (TPSA) is 90.0 Å². The molecule has 0 bridgehead atoms. The summed E-state index contributed by atoms with van der Waals surface area (Å²) in [4.78, 5) is 3.67. The quantitative estimate of drug-likeness (QED) is 0.878. The highest BCUT2D eigenvalue weighted by Gasteiger charge is 2.28. The van der Waals surface area contributed by atoms with Crippen molar-refractivity contribution < 1.29 is 12.8 Å². The Bertz CT molecular complexity index is 768. The Morgan fingerprint density at radius 1 is 1.48 bits per heavy atom. The van der Waals surface area contributed by atoms with Crippen molar-refractivity contribution in [2.24, 2.45) is 5.73 Å². The van der Waals surface area contributed by atoms with Gasteiger partial charge in [0, 0.05) is 30.7 Å². The van der Waals surface area contributed by atoms with E-state index < -0.39 is 15.8 Å². The molecule has 0 saturated heterocycles. The summed E-state index contributed by atoms with van der Waals surface area (Å²) >= 11 is 0. The van der Waals surface area contributed by atoms with Crippen LogP contribution >= 0.6 is 0 Å². The normalized spacial score (nSPS) is 15.1. The number of nitrogens with zero attached hydrogens (tertiary/aromatic N) is 2. The van der Waals surface area contributed by atoms with E-state index in [1.165, 1.54) is 18.3 Å². The van der Waals surface area contributed by atoms with Crippen molar-refractivity contribution in [2.45, 2.75) is 30.3 Å². The first kappa shape index (κ1) is 14.0. The third-order valence-electron chi connectivity index (χ3n) is 3.38. The van der Waals surface area contributed by atoms with Gasteiger partial charge >= 0.3 is 0 Å². The largest absolute Gasteiger partial charge is 0.346 e. The van der Waals surface area contributed by atoms with Crippen LogP contribution in [0.3, 0.4) is 0 Å². The molecule has 0 radical (unpaired) electrons. The molecule has 1 aliphatic rings. The van der Waals surface area contributed by atoms with Crippen molar-refractivity contribution in [3.8, 4) is 0 Å². The van der Waals surface area contributed by atoms with Crippen LogP contribution in [0.4, 0.5) is 10.1 Å². The Labute approximate surface area is 121 Å². The van der Waals surface area contributed by atoms with Crippen molar-refractivity contribution in [1.82, 2.24) is 9.55 Å². The summed E-state index contributed by atoms with van der Waals surface area (Å²) in [5.41, 5.74) is 6.28. The molecule has 1 fully saturated rings. The Morgan fingerprint density at radius 3 is 2.86 bits per heavy atom. The van der Waals surface area contributed by atoms with Crippen molar-refractivity contribution in [3.05, 3.63) is 42.2 Å². The first-order chi connectivity index (χ1) is 10.0. The van der Waals surface area contributed by atoms with Gasteiger partial charge in [0.15, 0.2) is 5.82 Å². The molecule has 6 nitrogen and oxygen atoms in total. The van der Waals surface area contributed by atoms with Crippen LogP contribution in [0.15, 0.2) is 35.6 Å². The SMILES string of the molecule is NCc1cc(S(=O)(=O)Nc2ccncc2F)cn1C1CC1. The fraction of sp³-hybridized carbons (Fsp3) is 0.308. The van der Waals surface area contributed by atoms with Crippen LogP contribution < -0.4 is 10.5 Å². The highest BCUT2D eigenvalue weighted by atomic mass is 32.2. The molecule has 2 aromatic heterocycles. The molecule has 3 N–H and O–H groups in total. The molecule has 21 heavy (non-hydrogen) atoms. The van der Waals surface area contributed by atoms with E-state index in [0.29, 0.717) is 6.04 Å². The molecule has 0 atom stereocenters. The number of halogens is 1. The summed E-state index contributed by atoms with van der Waals surface area (Å²) in [7, 11) is -3.85.